The molecule has 0 radical (unpaired) electrons. The molecule has 34 heavy (non-hydrogen) atoms. The average Bonchev–Trinajstić information content (AvgIpc) is 3.39. The molecule has 6 rings (SSSR count). The van der Waals surface area contributed by atoms with Gasteiger partial charge in [-0.1, -0.05) is 19.1 Å². The maximum absolute atomic E-state index is 13.7. The quantitative estimate of drug-likeness (QED) is 0.596. The summed E-state index contributed by atoms with van der Waals surface area (Å²) in [5, 5.41) is 3.12. The third-order valence-electron chi connectivity index (χ3n) is 7.20. The zero-order valence-corrected chi connectivity index (χ0v) is 19.5. The van der Waals surface area contributed by atoms with Gasteiger partial charge < -0.3 is 19.5 Å². The van der Waals surface area contributed by atoms with E-state index in [1.165, 1.54) is 19.2 Å². The van der Waals surface area contributed by atoms with E-state index in [2.05, 4.69) is 39.2 Å². The fourth-order valence-corrected chi connectivity index (χ4v) is 5.54. The minimum absolute atomic E-state index is 0.113. The van der Waals surface area contributed by atoms with Crippen LogP contribution in [0.3, 0.4) is 0 Å². The summed E-state index contributed by atoms with van der Waals surface area (Å²) < 4.78 is 5.42. The largest absolute Gasteiger partial charge is 0.444 e. The summed E-state index contributed by atoms with van der Waals surface area (Å²) in [5.74, 6) is 3.07. The summed E-state index contributed by atoms with van der Waals surface area (Å²) in [4.78, 5) is 29.4. The smallest absolute Gasteiger partial charge is 0.327 e. The molecule has 1 unspecified atom stereocenters. The van der Waals surface area contributed by atoms with Crippen molar-refractivity contribution in [1.29, 1.82) is 0 Å². The van der Waals surface area contributed by atoms with Crippen molar-refractivity contribution in [1.82, 2.24) is 9.97 Å². The summed E-state index contributed by atoms with van der Waals surface area (Å²) >= 11 is 0. The standard InChI is InChI=1S/C26H30N6O2/c1-18-5-3-12-31(15-18)24-10-9-22-25(29-24)32(21-8-4-11-30(22)16-21)26(33)28-20-7-2-6-19(13-20)23-14-27-17-34-23/h2,6-7,9-10,13-14,17-18,21H,3-5,8,11-12,15-16H2,1H3,(H,28,33)/t18?,21-/m0/s1. The number of pyridine rings is 1. The Hall–Kier alpha value is -3.55. The summed E-state index contributed by atoms with van der Waals surface area (Å²) in [6, 6.07) is 11.9. The number of amides is 2. The molecule has 2 fully saturated rings. The number of nitrogens with zero attached hydrogens (tertiary/aromatic N) is 5. The van der Waals surface area contributed by atoms with Crippen LogP contribution in [0.4, 0.5) is 27.8 Å². The number of nitrogens with one attached hydrogen (secondary N) is 1. The second-order valence-corrected chi connectivity index (χ2v) is 9.69. The minimum atomic E-state index is -0.140. The molecule has 8 heteroatoms. The van der Waals surface area contributed by atoms with Crippen LogP contribution in [-0.2, 0) is 0 Å². The molecule has 1 aromatic carbocycles. The van der Waals surface area contributed by atoms with Crippen LogP contribution in [0.15, 0.2) is 53.4 Å². The monoisotopic (exact) mass is 458 g/mol. The number of hydrogen-bond acceptors (Lipinski definition) is 6. The highest BCUT2D eigenvalue weighted by Crippen LogP contribution is 2.40. The Balaban J connectivity index is 1.31. The molecular weight excluding hydrogens is 428 g/mol. The first-order valence-electron chi connectivity index (χ1n) is 12.3. The molecule has 0 saturated carbocycles. The first-order valence-corrected chi connectivity index (χ1v) is 12.3. The predicted molar refractivity (Wildman–Crippen MR) is 134 cm³/mol. The lowest BCUT2D eigenvalue weighted by atomic mass is 9.99. The van der Waals surface area contributed by atoms with Crippen LogP contribution in [0, 0.1) is 5.92 Å². The zero-order chi connectivity index (χ0) is 23.1. The number of fused-ring (bicyclic) bond motifs is 4. The lowest BCUT2D eigenvalue weighted by Gasteiger charge is -2.46. The van der Waals surface area contributed by atoms with E-state index in [9.17, 15) is 4.79 Å². The van der Waals surface area contributed by atoms with Crippen LogP contribution in [0.5, 0.6) is 0 Å². The van der Waals surface area contributed by atoms with Crippen LogP contribution in [-0.4, -0.2) is 48.2 Å². The van der Waals surface area contributed by atoms with Crippen molar-refractivity contribution >= 4 is 29.0 Å². The van der Waals surface area contributed by atoms with Gasteiger partial charge >= 0.3 is 6.03 Å². The van der Waals surface area contributed by atoms with Crippen molar-refractivity contribution in [2.24, 2.45) is 5.92 Å². The van der Waals surface area contributed by atoms with Gasteiger partial charge in [-0.2, -0.15) is 0 Å². The first kappa shape index (κ1) is 21.0. The maximum Gasteiger partial charge on any atom is 0.327 e. The van der Waals surface area contributed by atoms with Crippen LogP contribution in [0.1, 0.15) is 32.6 Å². The van der Waals surface area contributed by atoms with Gasteiger partial charge in [0.15, 0.2) is 18.0 Å². The van der Waals surface area contributed by atoms with E-state index in [1.54, 1.807) is 6.20 Å². The minimum Gasteiger partial charge on any atom is -0.444 e. The third-order valence-corrected chi connectivity index (χ3v) is 7.20. The topological polar surface area (TPSA) is 77.7 Å². The van der Waals surface area contributed by atoms with Gasteiger partial charge in [-0.15, -0.1) is 0 Å². The lowest BCUT2D eigenvalue weighted by Crippen LogP contribution is -2.56. The normalized spacial score (nSPS) is 21.9. The van der Waals surface area contributed by atoms with Crippen molar-refractivity contribution in [2.45, 2.75) is 38.6 Å². The molecule has 5 heterocycles. The summed E-state index contributed by atoms with van der Waals surface area (Å²) in [7, 11) is 0. The number of hydrogen-bond donors (Lipinski definition) is 1. The number of aromatic nitrogens is 2. The van der Waals surface area contributed by atoms with Gasteiger partial charge in [-0.3, -0.25) is 4.90 Å². The second-order valence-electron chi connectivity index (χ2n) is 9.69. The molecule has 2 bridgehead atoms. The van der Waals surface area contributed by atoms with E-state index in [4.69, 9.17) is 9.40 Å². The van der Waals surface area contributed by atoms with E-state index in [0.717, 1.165) is 67.6 Å². The zero-order valence-electron chi connectivity index (χ0n) is 19.5. The van der Waals surface area contributed by atoms with Crippen molar-refractivity contribution in [3.05, 3.63) is 49.0 Å². The number of urea groups is 1. The van der Waals surface area contributed by atoms with E-state index in [1.807, 2.05) is 29.2 Å². The average molecular weight is 459 g/mol. The number of anilines is 4. The molecule has 3 aliphatic rings. The molecule has 2 saturated heterocycles. The Kier molecular flexibility index (Phi) is 5.36. The number of oxazole rings is 1. The van der Waals surface area contributed by atoms with Crippen LogP contribution in [0.25, 0.3) is 11.3 Å². The molecule has 8 nitrogen and oxygen atoms in total. The van der Waals surface area contributed by atoms with Crippen LogP contribution in [0.2, 0.25) is 0 Å². The van der Waals surface area contributed by atoms with Gasteiger partial charge in [0.2, 0.25) is 0 Å². The first-order chi connectivity index (χ1) is 16.7. The number of rotatable bonds is 3. The molecule has 0 spiro atoms. The Labute approximate surface area is 199 Å². The van der Waals surface area contributed by atoms with Gasteiger partial charge in [-0.05, 0) is 55.9 Å². The van der Waals surface area contributed by atoms with E-state index < -0.39 is 0 Å². The number of benzene rings is 1. The molecule has 2 amide bonds. The molecule has 2 atom stereocenters. The fraction of sp³-hybridized carbons (Fsp3) is 0.423. The summed E-state index contributed by atoms with van der Waals surface area (Å²) in [6.45, 7) is 6.19. The second kappa shape index (κ2) is 8.66. The van der Waals surface area contributed by atoms with Gasteiger partial charge in [0.05, 0.1) is 17.9 Å². The van der Waals surface area contributed by atoms with E-state index in [-0.39, 0.29) is 12.1 Å². The number of carbonyl (C=O) groups is 1. The molecule has 2 aromatic heterocycles. The Morgan fingerprint density at radius 1 is 1.09 bits per heavy atom. The molecule has 0 aliphatic carbocycles. The van der Waals surface area contributed by atoms with Crippen molar-refractivity contribution in [3.63, 3.8) is 0 Å². The van der Waals surface area contributed by atoms with Crippen molar-refractivity contribution < 1.29 is 9.21 Å². The van der Waals surface area contributed by atoms with Gasteiger partial charge in [0.25, 0.3) is 0 Å². The highest BCUT2D eigenvalue weighted by molar-refractivity contribution is 6.04. The highest BCUT2D eigenvalue weighted by atomic mass is 16.3. The van der Waals surface area contributed by atoms with Gasteiger partial charge in [-0.25, -0.2) is 14.8 Å². The maximum atomic E-state index is 13.7. The van der Waals surface area contributed by atoms with Gasteiger partial charge in [0, 0.05) is 37.4 Å². The van der Waals surface area contributed by atoms with Crippen LogP contribution >= 0.6 is 0 Å². The molecule has 3 aliphatic heterocycles. The molecular formula is C26H30N6O2. The van der Waals surface area contributed by atoms with Crippen LogP contribution < -0.4 is 20.0 Å². The van der Waals surface area contributed by atoms with Crippen molar-refractivity contribution in [3.8, 4) is 11.3 Å². The van der Waals surface area contributed by atoms with Gasteiger partial charge in [0.1, 0.15) is 5.82 Å². The lowest BCUT2D eigenvalue weighted by molar-refractivity contribution is 0.252. The summed E-state index contributed by atoms with van der Waals surface area (Å²) in [6.07, 6.45) is 7.57. The SMILES string of the molecule is CC1CCCN(c2ccc3c(n2)N(C(=O)Nc2cccc(-c4cnco4)c2)[C@H]2CCCN3C2)C1. The fourth-order valence-electron chi connectivity index (χ4n) is 5.54. The molecule has 3 aromatic rings. The third kappa shape index (κ3) is 3.87. The Morgan fingerprint density at radius 2 is 1.97 bits per heavy atom. The highest BCUT2D eigenvalue weighted by Gasteiger charge is 2.38. The number of piperidine rings is 2. The summed E-state index contributed by atoms with van der Waals surface area (Å²) in [5.41, 5.74) is 2.65. The van der Waals surface area contributed by atoms with E-state index in [0.29, 0.717) is 11.7 Å². The molecule has 1 N–H and O–H groups in total. The predicted octanol–water partition coefficient (Wildman–Crippen LogP) is 4.99. The molecule has 176 valence electrons. The number of carbonyl (C=O) groups excluding carboxylic acids is 1. The Bertz CT molecular complexity index is 1180. The Morgan fingerprint density at radius 3 is 2.82 bits per heavy atom. The van der Waals surface area contributed by atoms with Crippen molar-refractivity contribution in [2.75, 3.05) is 46.2 Å². The van der Waals surface area contributed by atoms with E-state index >= 15 is 0 Å².